The molecule has 0 aliphatic carbocycles. The number of hydrogen-bond acceptors (Lipinski definition) is 5. The first-order chi connectivity index (χ1) is 5.74. The van der Waals surface area contributed by atoms with E-state index >= 15 is 0 Å². The molecule has 64 valence electrons. The smallest absolute Gasteiger partial charge is 0.332 e. The summed E-state index contributed by atoms with van der Waals surface area (Å²) in [5, 5.41) is 1.76. The van der Waals surface area contributed by atoms with E-state index in [0.717, 1.165) is 0 Å². The number of Topliss-reactive ketones (excluding diaryl/α,β-unsaturated/α-hetero) is 1. The summed E-state index contributed by atoms with van der Waals surface area (Å²) in [5.41, 5.74) is 0. The monoisotopic (exact) mass is 185 g/mol. The Morgan fingerprint density at radius 3 is 2.83 bits per heavy atom. The van der Waals surface area contributed by atoms with Crippen molar-refractivity contribution in [2.45, 2.75) is 6.42 Å². The summed E-state index contributed by atoms with van der Waals surface area (Å²) in [7, 11) is 0. The number of nitrogens with two attached hydrogens (primary N) is 1. The van der Waals surface area contributed by atoms with Crippen LogP contribution in [-0.2, 0) is 9.63 Å². The lowest BCUT2D eigenvalue weighted by molar-refractivity contribution is -0.143. The molecule has 0 aromatic carbocycles. The van der Waals surface area contributed by atoms with Crippen molar-refractivity contribution in [2.24, 2.45) is 5.90 Å². The van der Waals surface area contributed by atoms with Gasteiger partial charge in [-0.2, -0.15) is 5.90 Å². The molecule has 1 aromatic heterocycles. The van der Waals surface area contributed by atoms with Crippen molar-refractivity contribution >= 4 is 23.1 Å². The summed E-state index contributed by atoms with van der Waals surface area (Å²) in [6.07, 6.45) is -0.295. The van der Waals surface area contributed by atoms with Crippen LogP contribution in [0.4, 0.5) is 0 Å². The minimum atomic E-state index is -0.714. The van der Waals surface area contributed by atoms with Crippen LogP contribution < -0.4 is 5.90 Å². The van der Waals surface area contributed by atoms with Crippen molar-refractivity contribution in [1.29, 1.82) is 0 Å². The minimum Gasteiger partial charge on any atom is -0.373 e. The third-order valence-corrected chi connectivity index (χ3v) is 2.14. The van der Waals surface area contributed by atoms with Crippen LogP contribution in [0.5, 0.6) is 0 Å². The summed E-state index contributed by atoms with van der Waals surface area (Å²) >= 11 is 1.29. The standard InChI is InChI=1S/C7H7NO3S/c8-11-7(10)4-5(9)6-2-1-3-12-6/h1-3H,4,8H2. The molecule has 0 spiro atoms. The molecule has 0 unspecified atom stereocenters. The summed E-state index contributed by atoms with van der Waals surface area (Å²) in [5.74, 6) is 3.60. The van der Waals surface area contributed by atoms with Crippen LogP contribution in [0.3, 0.4) is 0 Å². The molecule has 0 saturated heterocycles. The van der Waals surface area contributed by atoms with E-state index in [0.29, 0.717) is 4.88 Å². The second-order valence-electron chi connectivity index (χ2n) is 2.07. The van der Waals surface area contributed by atoms with Crippen LogP contribution in [-0.4, -0.2) is 11.8 Å². The second kappa shape index (κ2) is 3.99. The molecule has 1 rings (SSSR count). The molecule has 1 heterocycles. The molecule has 0 atom stereocenters. The third kappa shape index (κ3) is 2.14. The van der Waals surface area contributed by atoms with Gasteiger partial charge < -0.3 is 4.84 Å². The Labute approximate surface area is 72.9 Å². The lowest BCUT2D eigenvalue weighted by Gasteiger charge is -1.94. The molecule has 5 heteroatoms. The Morgan fingerprint density at radius 1 is 1.58 bits per heavy atom. The summed E-state index contributed by atoms with van der Waals surface area (Å²) in [4.78, 5) is 26.1. The van der Waals surface area contributed by atoms with Crippen LogP contribution in [0, 0.1) is 0 Å². The zero-order valence-corrected chi connectivity index (χ0v) is 6.97. The quantitative estimate of drug-likeness (QED) is 0.428. The second-order valence-corrected chi connectivity index (χ2v) is 3.01. The van der Waals surface area contributed by atoms with Crippen LogP contribution in [0.2, 0.25) is 0 Å². The molecule has 2 N–H and O–H groups in total. The number of carbonyl (C=O) groups excluding carboxylic acids is 2. The van der Waals surface area contributed by atoms with Gasteiger partial charge in [-0.3, -0.25) is 4.79 Å². The fourth-order valence-corrected chi connectivity index (χ4v) is 1.36. The van der Waals surface area contributed by atoms with Gasteiger partial charge in [0.05, 0.1) is 4.88 Å². The van der Waals surface area contributed by atoms with E-state index in [9.17, 15) is 9.59 Å². The largest absolute Gasteiger partial charge is 0.373 e. The van der Waals surface area contributed by atoms with E-state index in [2.05, 4.69) is 10.7 Å². The van der Waals surface area contributed by atoms with Gasteiger partial charge in [-0.05, 0) is 11.4 Å². The highest BCUT2D eigenvalue weighted by Gasteiger charge is 2.12. The van der Waals surface area contributed by atoms with Crippen molar-refractivity contribution in [1.82, 2.24) is 0 Å². The lowest BCUT2D eigenvalue weighted by atomic mass is 10.2. The van der Waals surface area contributed by atoms with Crippen LogP contribution >= 0.6 is 11.3 Å². The Hall–Kier alpha value is -1.20. The molecule has 0 fully saturated rings. The van der Waals surface area contributed by atoms with Gasteiger partial charge in [0.15, 0.2) is 5.78 Å². The van der Waals surface area contributed by atoms with Gasteiger partial charge in [0, 0.05) is 0 Å². The van der Waals surface area contributed by atoms with Gasteiger partial charge in [-0.25, -0.2) is 4.79 Å². The van der Waals surface area contributed by atoms with Gasteiger partial charge in [0.1, 0.15) is 6.42 Å². The summed E-state index contributed by atoms with van der Waals surface area (Å²) < 4.78 is 0. The first kappa shape index (κ1) is 8.89. The maximum Gasteiger partial charge on any atom is 0.332 e. The molecule has 0 aliphatic heterocycles. The molecule has 1 aromatic rings. The SMILES string of the molecule is NOC(=O)CC(=O)c1cccs1. The van der Waals surface area contributed by atoms with Crippen molar-refractivity contribution in [3.8, 4) is 0 Å². The Morgan fingerprint density at radius 2 is 2.33 bits per heavy atom. The molecule has 0 saturated carbocycles. The van der Waals surface area contributed by atoms with Crippen LogP contribution in [0.25, 0.3) is 0 Å². The predicted octanol–water partition coefficient (Wildman–Crippen LogP) is 0.738. The topological polar surface area (TPSA) is 69.4 Å². The van der Waals surface area contributed by atoms with Gasteiger partial charge in [0.2, 0.25) is 0 Å². The predicted molar refractivity (Wildman–Crippen MR) is 43.5 cm³/mol. The van der Waals surface area contributed by atoms with E-state index in [4.69, 9.17) is 0 Å². The first-order valence-corrected chi connectivity index (χ1v) is 4.08. The Bertz CT molecular complexity index is 281. The van der Waals surface area contributed by atoms with Crippen molar-refractivity contribution in [3.63, 3.8) is 0 Å². The number of ketones is 1. The van der Waals surface area contributed by atoms with Crippen LogP contribution in [0.15, 0.2) is 17.5 Å². The number of rotatable bonds is 3. The highest BCUT2D eigenvalue weighted by atomic mass is 32.1. The van der Waals surface area contributed by atoms with Gasteiger partial charge in [0.25, 0.3) is 0 Å². The van der Waals surface area contributed by atoms with E-state index in [1.165, 1.54) is 11.3 Å². The maximum absolute atomic E-state index is 11.1. The first-order valence-electron chi connectivity index (χ1n) is 3.20. The van der Waals surface area contributed by atoms with Gasteiger partial charge in [-0.1, -0.05) is 6.07 Å². The molecule has 0 bridgehead atoms. The molecule has 0 radical (unpaired) electrons. The van der Waals surface area contributed by atoms with Gasteiger partial charge >= 0.3 is 5.97 Å². The summed E-state index contributed by atoms with van der Waals surface area (Å²) in [6, 6.07) is 3.39. The zero-order valence-electron chi connectivity index (χ0n) is 6.15. The van der Waals surface area contributed by atoms with Crippen molar-refractivity contribution in [2.75, 3.05) is 0 Å². The molecule has 0 aliphatic rings. The number of thiophene rings is 1. The molecular formula is C7H7NO3S. The number of carbonyl (C=O) groups is 2. The molecule has 0 amide bonds. The average molecular weight is 185 g/mol. The fourth-order valence-electron chi connectivity index (χ4n) is 0.697. The number of hydrogen-bond donors (Lipinski definition) is 1. The van der Waals surface area contributed by atoms with Crippen LogP contribution in [0.1, 0.15) is 16.1 Å². The maximum atomic E-state index is 11.1. The lowest BCUT2D eigenvalue weighted by Crippen LogP contribution is -2.14. The zero-order chi connectivity index (χ0) is 8.97. The fraction of sp³-hybridized carbons (Fsp3) is 0.143. The normalized spacial score (nSPS) is 9.42. The molecule has 4 nitrogen and oxygen atoms in total. The summed E-state index contributed by atoms with van der Waals surface area (Å²) in [6.45, 7) is 0. The van der Waals surface area contributed by atoms with Gasteiger partial charge in [-0.15, -0.1) is 11.3 Å². The highest BCUT2D eigenvalue weighted by molar-refractivity contribution is 7.12. The van der Waals surface area contributed by atoms with Crippen molar-refractivity contribution in [3.05, 3.63) is 22.4 Å². The van der Waals surface area contributed by atoms with E-state index < -0.39 is 5.97 Å². The third-order valence-electron chi connectivity index (χ3n) is 1.23. The highest BCUT2D eigenvalue weighted by Crippen LogP contribution is 2.10. The molecule has 12 heavy (non-hydrogen) atoms. The minimum absolute atomic E-state index is 0.263. The van der Waals surface area contributed by atoms with E-state index in [1.807, 2.05) is 0 Å². The van der Waals surface area contributed by atoms with E-state index in [1.54, 1.807) is 17.5 Å². The Balaban J connectivity index is 2.56. The van der Waals surface area contributed by atoms with E-state index in [-0.39, 0.29) is 12.2 Å². The average Bonchev–Trinajstić information content (AvgIpc) is 2.56. The molecular weight excluding hydrogens is 178 g/mol. The Kier molecular flexibility index (Phi) is 2.95. The van der Waals surface area contributed by atoms with Crippen molar-refractivity contribution < 1.29 is 14.4 Å².